The molecule has 0 bridgehead atoms. The van der Waals surface area contributed by atoms with Gasteiger partial charge in [0.25, 0.3) is 0 Å². The highest BCUT2D eigenvalue weighted by Crippen LogP contribution is 2.16. The summed E-state index contributed by atoms with van der Waals surface area (Å²) in [6.07, 6.45) is 1.18. The highest BCUT2D eigenvalue weighted by molar-refractivity contribution is 14.0. The minimum Gasteiger partial charge on any atom is -0.359 e. The van der Waals surface area contributed by atoms with E-state index in [0.717, 1.165) is 5.56 Å². The largest absolute Gasteiger partial charge is 0.359 e. The number of rotatable bonds is 4. The molecule has 0 aliphatic carbocycles. The van der Waals surface area contributed by atoms with Crippen LogP contribution in [0.4, 0.5) is 5.69 Å². The van der Waals surface area contributed by atoms with E-state index >= 15 is 0 Å². The van der Waals surface area contributed by atoms with Crippen molar-refractivity contribution in [2.45, 2.75) is 6.54 Å². The van der Waals surface area contributed by atoms with E-state index < -0.39 is 10.0 Å². The predicted octanol–water partition coefficient (Wildman–Crippen LogP) is 0.995. The molecule has 8 heteroatoms. The summed E-state index contributed by atoms with van der Waals surface area (Å²) in [6.45, 7) is 0.621. The summed E-state index contributed by atoms with van der Waals surface area (Å²) in [7, 11) is 1.81. The molecule has 1 aromatic rings. The summed E-state index contributed by atoms with van der Waals surface area (Å²) in [6, 6.07) is 7.32. The van der Waals surface area contributed by atoms with Crippen LogP contribution < -0.4 is 14.9 Å². The molecule has 0 aliphatic heterocycles. The quantitative estimate of drug-likeness (QED) is 0.440. The zero-order valence-electron chi connectivity index (χ0n) is 12.0. The van der Waals surface area contributed by atoms with Crippen LogP contribution in [0.3, 0.4) is 0 Å². The molecule has 0 aromatic heterocycles. The van der Waals surface area contributed by atoms with E-state index in [1.54, 1.807) is 26.2 Å². The van der Waals surface area contributed by atoms with Crippen molar-refractivity contribution in [3.05, 3.63) is 29.8 Å². The minimum atomic E-state index is -3.21. The van der Waals surface area contributed by atoms with Crippen LogP contribution in [0.25, 0.3) is 0 Å². The molecule has 20 heavy (non-hydrogen) atoms. The van der Waals surface area contributed by atoms with Gasteiger partial charge in [-0.05, 0) is 17.7 Å². The Labute approximate surface area is 137 Å². The van der Waals surface area contributed by atoms with Gasteiger partial charge in [-0.25, -0.2) is 8.42 Å². The van der Waals surface area contributed by atoms with Crippen LogP contribution in [0.1, 0.15) is 5.56 Å². The van der Waals surface area contributed by atoms with Crippen molar-refractivity contribution in [3.8, 4) is 0 Å². The number of halogens is 1. The van der Waals surface area contributed by atoms with E-state index in [1.807, 2.05) is 12.1 Å². The van der Waals surface area contributed by atoms with Crippen LogP contribution in [-0.2, 0) is 16.6 Å². The third-order valence-corrected chi connectivity index (χ3v) is 3.92. The van der Waals surface area contributed by atoms with Gasteiger partial charge < -0.3 is 10.6 Å². The lowest BCUT2D eigenvalue weighted by Gasteiger charge is -2.17. The van der Waals surface area contributed by atoms with Crippen molar-refractivity contribution in [3.63, 3.8) is 0 Å². The van der Waals surface area contributed by atoms with Crippen LogP contribution in [0.2, 0.25) is 0 Å². The molecule has 0 spiro atoms. The van der Waals surface area contributed by atoms with Crippen LogP contribution in [0.5, 0.6) is 0 Å². The van der Waals surface area contributed by atoms with E-state index in [0.29, 0.717) is 18.2 Å². The van der Waals surface area contributed by atoms with Crippen molar-refractivity contribution >= 4 is 45.6 Å². The topological polar surface area (TPSA) is 73.8 Å². The second-order valence-corrected chi connectivity index (χ2v) is 6.09. The molecule has 0 amide bonds. The highest BCUT2D eigenvalue weighted by Gasteiger charge is 2.11. The molecule has 114 valence electrons. The van der Waals surface area contributed by atoms with E-state index in [2.05, 4.69) is 15.6 Å². The maximum absolute atomic E-state index is 11.4. The number of hydrogen-bond donors (Lipinski definition) is 2. The molecule has 0 saturated heterocycles. The first-order valence-corrected chi connectivity index (χ1v) is 7.64. The molecular formula is C12H21IN4O2S. The summed E-state index contributed by atoms with van der Waals surface area (Å²) in [4.78, 5) is 4.01. The number of benzene rings is 1. The average molecular weight is 412 g/mol. The molecule has 1 rings (SSSR count). The lowest BCUT2D eigenvalue weighted by Crippen LogP contribution is -2.34. The summed E-state index contributed by atoms with van der Waals surface area (Å²) in [5.74, 6) is 0.706. The van der Waals surface area contributed by atoms with Gasteiger partial charge in [0.15, 0.2) is 5.96 Å². The first-order valence-electron chi connectivity index (χ1n) is 5.79. The molecule has 0 radical (unpaired) electrons. The molecular weight excluding hydrogens is 391 g/mol. The third-order valence-electron chi connectivity index (χ3n) is 2.72. The Bertz CT molecular complexity index is 543. The van der Waals surface area contributed by atoms with Gasteiger partial charge >= 0.3 is 0 Å². The Morgan fingerprint density at radius 1 is 1.30 bits per heavy atom. The standard InChI is InChI=1S/C12H20N4O2S.HI/c1-13-12(14-2)15-9-10-5-7-11(8-6-10)16(3)19(4,17)18;/h5-8H,9H2,1-4H3,(H2,13,14,15);1H. The molecule has 6 nitrogen and oxygen atoms in total. The number of aliphatic imine (C=N–C) groups is 1. The Morgan fingerprint density at radius 3 is 2.25 bits per heavy atom. The highest BCUT2D eigenvalue weighted by atomic mass is 127. The third kappa shape index (κ3) is 5.53. The second kappa shape index (κ2) is 8.30. The van der Waals surface area contributed by atoms with Gasteiger partial charge in [0.05, 0.1) is 11.9 Å². The molecule has 2 N–H and O–H groups in total. The number of sulfonamides is 1. The first-order chi connectivity index (χ1) is 8.88. The van der Waals surface area contributed by atoms with Crippen molar-refractivity contribution < 1.29 is 8.42 Å². The Morgan fingerprint density at radius 2 is 1.85 bits per heavy atom. The fraction of sp³-hybridized carbons (Fsp3) is 0.417. The lowest BCUT2D eigenvalue weighted by molar-refractivity contribution is 0.600. The van der Waals surface area contributed by atoms with Crippen LogP contribution in [0, 0.1) is 0 Å². The number of guanidine groups is 1. The SMILES string of the molecule is CN=C(NC)NCc1ccc(N(C)S(C)(=O)=O)cc1.I. The van der Waals surface area contributed by atoms with Crippen LogP contribution in [0.15, 0.2) is 29.3 Å². The van der Waals surface area contributed by atoms with Crippen molar-refractivity contribution in [1.82, 2.24) is 10.6 Å². The maximum Gasteiger partial charge on any atom is 0.231 e. The van der Waals surface area contributed by atoms with E-state index in [4.69, 9.17) is 0 Å². The molecule has 0 atom stereocenters. The zero-order chi connectivity index (χ0) is 14.5. The van der Waals surface area contributed by atoms with Gasteiger partial charge in [-0.2, -0.15) is 0 Å². The fourth-order valence-electron chi connectivity index (χ4n) is 1.48. The van der Waals surface area contributed by atoms with Crippen LogP contribution in [-0.4, -0.2) is 41.8 Å². The minimum absolute atomic E-state index is 0. The molecule has 0 saturated carbocycles. The number of nitrogens with one attached hydrogen (secondary N) is 2. The molecule has 1 aromatic carbocycles. The van der Waals surface area contributed by atoms with Gasteiger partial charge in [-0.1, -0.05) is 12.1 Å². The Hall–Kier alpha value is -1.03. The number of nitrogens with zero attached hydrogens (tertiary/aromatic N) is 2. The number of hydrogen-bond acceptors (Lipinski definition) is 3. The average Bonchev–Trinajstić information content (AvgIpc) is 2.39. The van der Waals surface area contributed by atoms with E-state index in [9.17, 15) is 8.42 Å². The van der Waals surface area contributed by atoms with Gasteiger partial charge in [-0.3, -0.25) is 9.30 Å². The fourth-order valence-corrected chi connectivity index (χ4v) is 1.98. The lowest BCUT2D eigenvalue weighted by atomic mass is 10.2. The Balaban J connectivity index is 0.00000361. The van der Waals surface area contributed by atoms with Crippen molar-refractivity contribution in [2.24, 2.45) is 4.99 Å². The predicted molar refractivity (Wildman–Crippen MR) is 94.4 cm³/mol. The van der Waals surface area contributed by atoms with Gasteiger partial charge in [-0.15, -0.1) is 24.0 Å². The molecule has 0 unspecified atom stereocenters. The summed E-state index contributed by atoms with van der Waals surface area (Å²) >= 11 is 0. The van der Waals surface area contributed by atoms with Gasteiger partial charge in [0.1, 0.15) is 0 Å². The zero-order valence-corrected chi connectivity index (χ0v) is 15.2. The maximum atomic E-state index is 11.4. The van der Waals surface area contributed by atoms with Gasteiger partial charge in [0, 0.05) is 27.7 Å². The smallest absolute Gasteiger partial charge is 0.231 e. The van der Waals surface area contributed by atoms with Crippen molar-refractivity contribution in [2.75, 3.05) is 31.7 Å². The molecule has 0 aliphatic rings. The monoisotopic (exact) mass is 412 g/mol. The first kappa shape index (κ1) is 19.0. The van der Waals surface area contributed by atoms with Crippen LogP contribution >= 0.6 is 24.0 Å². The number of anilines is 1. The second-order valence-electron chi connectivity index (χ2n) is 4.07. The van der Waals surface area contributed by atoms with Crippen molar-refractivity contribution in [1.29, 1.82) is 0 Å². The van der Waals surface area contributed by atoms with E-state index in [-0.39, 0.29) is 24.0 Å². The summed E-state index contributed by atoms with van der Waals surface area (Å²) in [5, 5.41) is 6.04. The molecule has 0 fully saturated rings. The summed E-state index contributed by atoms with van der Waals surface area (Å²) < 4.78 is 24.0. The Kier molecular flexibility index (Phi) is 7.87. The summed E-state index contributed by atoms with van der Waals surface area (Å²) in [5.41, 5.74) is 1.69. The van der Waals surface area contributed by atoms with E-state index in [1.165, 1.54) is 17.6 Å². The normalized spacial score (nSPS) is 11.5. The molecule has 0 heterocycles. The van der Waals surface area contributed by atoms with Gasteiger partial charge in [0.2, 0.25) is 10.0 Å².